The number of benzene rings is 1. The molecule has 1 aliphatic heterocycles. The van der Waals surface area contributed by atoms with Gasteiger partial charge in [-0.25, -0.2) is 4.79 Å². The van der Waals surface area contributed by atoms with Crippen LogP contribution in [0.15, 0.2) is 39.6 Å². The maximum atomic E-state index is 11.6. The molecule has 0 fully saturated rings. The van der Waals surface area contributed by atoms with E-state index in [-0.39, 0.29) is 11.7 Å². The molecule has 0 amide bonds. The van der Waals surface area contributed by atoms with E-state index < -0.39 is 0 Å². The van der Waals surface area contributed by atoms with Crippen LogP contribution in [0.1, 0.15) is 29.9 Å². The molecular formula is C16H14O3. The summed E-state index contributed by atoms with van der Waals surface area (Å²) in [6.45, 7) is 1.94. The number of ether oxygens (including phenoxy) is 1. The van der Waals surface area contributed by atoms with E-state index in [0.29, 0.717) is 11.5 Å². The summed E-state index contributed by atoms with van der Waals surface area (Å²) in [5.41, 5.74) is 2.47. The Kier molecular flexibility index (Phi) is 2.13. The molecular weight excluding hydrogens is 240 g/mol. The first-order chi connectivity index (χ1) is 9.24. The molecule has 0 N–H and O–H groups in total. The van der Waals surface area contributed by atoms with Gasteiger partial charge in [0.25, 0.3) is 0 Å². The number of hydrogen-bond donors (Lipinski definition) is 0. The smallest absolute Gasteiger partial charge is 0.336 e. The zero-order chi connectivity index (χ0) is 13.0. The summed E-state index contributed by atoms with van der Waals surface area (Å²) in [6, 6.07) is 5.52. The van der Waals surface area contributed by atoms with Gasteiger partial charge in [-0.05, 0) is 43.5 Å². The predicted molar refractivity (Wildman–Crippen MR) is 72.8 cm³/mol. The average Bonchev–Trinajstić information content (AvgIpc) is 2.77. The maximum Gasteiger partial charge on any atom is 0.336 e. The van der Waals surface area contributed by atoms with Crippen molar-refractivity contribution in [3.8, 4) is 5.75 Å². The van der Waals surface area contributed by atoms with Crippen LogP contribution in [0.4, 0.5) is 0 Å². The van der Waals surface area contributed by atoms with Crippen molar-refractivity contribution in [1.29, 1.82) is 0 Å². The molecule has 0 bridgehead atoms. The highest BCUT2D eigenvalue weighted by Gasteiger charge is 2.36. The summed E-state index contributed by atoms with van der Waals surface area (Å²) in [7, 11) is 0. The van der Waals surface area contributed by atoms with E-state index in [2.05, 4.69) is 12.2 Å². The van der Waals surface area contributed by atoms with E-state index in [1.807, 2.05) is 19.1 Å². The van der Waals surface area contributed by atoms with Crippen molar-refractivity contribution in [2.75, 3.05) is 0 Å². The number of fused-ring (bicyclic) bond motifs is 5. The third-order valence-electron chi connectivity index (χ3n) is 4.12. The third-order valence-corrected chi connectivity index (χ3v) is 4.12. The molecule has 0 spiro atoms. The molecule has 0 saturated heterocycles. The van der Waals surface area contributed by atoms with E-state index in [0.717, 1.165) is 35.1 Å². The van der Waals surface area contributed by atoms with Gasteiger partial charge in [0.2, 0.25) is 0 Å². The summed E-state index contributed by atoms with van der Waals surface area (Å²) in [6.07, 6.45) is 6.48. The lowest BCUT2D eigenvalue weighted by atomic mass is 9.86. The summed E-state index contributed by atoms with van der Waals surface area (Å²) in [5, 5.41) is 1.01. The molecule has 4 rings (SSSR count). The Labute approximate surface area is 110 Å². The van der Waals surface area contributed by atoms with Gasteiger partial charge in [0.1, 0.15) is 17.4 Å². The molecule has 1 aromatic carbocycles. The first kappa shape index (κ1) is 10.9. The highest BCUT2D eigenvalue weighted by atomic mass is 16.5. The third kappa shape index (κ3) is 1.47. The van der Waals surface area contributed by atoms with Crippen LogP contribution in [0.5, 0.6) is 5.75 Å². The Hall–Kier alpha value is -2.03. The number of hydrogen-bond acceptors (Lipinski definition) is 3. The Morgan fingerprint density at radius 1 is 1.32 bits per heavy atom. The van der Waals surface area contributed by atoms with E-state index in [1.54, 1.807) is 6.07 Å². The fourth-order valence-corrected chi connectivity index (χ4v) is 3.22. The lowest BCUT2D eigenvalue weighted by molar-refractivity contribution is 0.244. The van der Waals surface area contributed by atoms with Gasteiger partial charge in [-0.3, -0.25) is 0 Å². The quantitative estimate of drug-likeness (QED) is 0.535. The summed E-state index contributed by atoms with van der Waals surface area (Å²) in [5.74, 6) is 1.18. The molecule has 3 heteroatoms. The molecule has 2 aliphatic rings. The zero-order valence-electron chi connectivity index (χ0n) is 10.7. The van der Waals surface area contributed by atoms with Crippen LogP contribution in [-0.4, -0.2) is 6.10 Å². The summed E-state index contributed by atoms with van der Waals surface area (Å²) >= 11 is 0. The van der Waals surface area contributed by atoms with Gasteiger partial charge >= 0.3 is 5.63 Å². The van der Waals surface area contributed by atoms with E-state index in [4.69, 9.17) is 9.15 Å². The number of aryl methyl sites for hydroxylation is 1. The lowest BCUT2D eigenvalue weighted by Gasteiger charge is -2.19. The maximum absolute atomic E-state index is 11.6. The van der Waals surface area contributed by atoms with Crippen LogP contribution >= 0.6 is 0 Å². The minimum atomic E-state index is -0.284. The summed E-state index contributed by atoms with van der Waals surface area (Å²) in [4.78, 5) is 11.6. The fraction of sp³-hybridized carbons (Fsp3) is 0.312. The number of allylic oxidation sites excluding steroid dienone is 1. The topological polar surface area (TPSA) is 39.4 Å². The van der Waals surface area contributed by atoms with Gasteiger partial charge in [0.05, 0.1) is 0 Å². The van der Waals surface area contributed by atoms with Crippen molar-refractivity contribution in [1.82, 2.24) is 0 Å². The molecule has 0 unspecified atom stereocenters. The molecule has 2 heterocycles. The fourth-order valence-electron chi connectivity index (χ4n) is 3.22. The van der Waals surface area contributed by atoms with Crippen molar-refractivity contribution in [2.24, 2.45) is 0 Å². The van der Waals surface area contributed by atoms with E-state index in [9.17, 15) is 4.79 Å². The van der Waals surface area contributed by atoms with Gasteiger partial charge in [-0.15, -0.1) is 0 Å². The first-order valence-corrected chi connectivity index (χ1v) is 6.65. The molecule has 2 atom stereocenters. The molecule has 3 nitrogen and oxygen atoms in total. The Morgan fingerprint density at radius 2 is 2.21 bits per heavy atom. The van der Waals surface area contributed by atoms with Crippen molar-refractivity contribution in [3.63, 3.8) is 0 Å². The predicted octanol–water partition coefficient (Wildman–Crippen LogP) is 3.30. The number of rotatable bonds is 0. The average molecular weight is 254 g/mol. The van der Waals surface area contributed by atoms with Crippen LogP contribution in [0.25, 0.3) is 11.0 Å². The van der Waals surface area contributed by atoms with Crippen LogP contribution in [-0.2, 0) is 0 Å². The summed E-state index contributed by atoms with van der Waals surface area (Å²) < 4.78 is 11.4. The zero-order valence-corrected chi connectivity index (χ0v) is 10.7. The second kappa shape index (κ2) is 3.73. The minimum Gasteiger partial charge on any atom is -0.485 e. The Balaban J connectivity index is 2.06. The van der Waals surface area contributed by atoms with Crippen LogP contribution in [0.2, 0.25) is 0 Å². The van der Waals surface area contributed by atoms with Crippen molar-refractivity contribution >= 4 is 11.0 Å². The van der Waals surface area contributed by atoms with Gasteiger partial charge in [-0.1, -0.05) is 6.08 Å². The van der Waals surface area contributed by atoms with Gasteiger partial charge in [0.15, 0.2) is 0 Å². The Morgan fingerprint density at radius 3 is 3.11 bits per heavy atom. The molecule has 1 aliphatic carbocycles. The minimum absolute atomic E-state index is 0.0974. The van der Waals surface area contributed by atoms with E-state index >= 15 is 0 Å². The van der Waals surface area contributed by atoms with E-state index in [1.165, 1.54) is 0 Å². The van der Waals surface area contributed by atoms with Crippen LogP contribution in [0, 0.1) is 6.92 Å². The Bertz CT molecular complexity index is 754. The van der Waals surface area contributed by atoms with Crippen LogP contribution < -0.4 is 10.4 Å². The van der Waals surface area contributed by atoms with Gasteiger partial charge in [-0.2, -0.15) is 0 Å². The standard InChI is InChI=1S/C16H14O3/c1-9-8-14(17)19-16-10(9)6-7-13-15(16)11-4-2-3-5-12(11)18-13/h3,5-8,11-12H,2,4H2,1H3/t11-,12+/m0/s1. The SMILES string of the molecule is Cc1cc(=O)oc2c3c(ccc12)O[C@@H]1C=CCC[C@H]31. The molecule has 96 valence electrons. The molecule has 2 aromatic rings. The second-order valence-electron chi connectivity index (χ2n) is 5.30. The highest BCUT2D eigenvalue weighted by Crippen LogP contribution is 2.46. The first-order valence-electron chi connectivity index (χ1n) is 6.65. The molecule has 0 radical (unpaired) electrons. The molecule has 19 heavy (non-hydrogen) atoms. The van der Waals surface area contributed by atoms with Gasteiger partial charge < -0.3 is 9.15 Å². The van der Waals surface area contributed by atoms with Crippen LogP contribution in [0.3, 0.4) is 0 Å². The highest BCUT2D eigenvalue weighted by molar-refractivity contribution is 5.86. The van der Waals surface area contributed by atoms with Gasteiger partial charge in [0, 0.05) is 22.9 Å². The van der Waals surface area contributed by atoms with Crippen molar-refractivity contribution in [3.05, 3.63) is 51.9 Å². The normalized spacial score (nSPS) is 24.1. The lowest BCUT2D eigenvalue weighted by Crippen LogP contribution is -2.18. The largest absolute Gasteiger partial charge is 0.485 e. The van der Waals surface area contributed by atoms with Crippen molar-refractivity contribution < 1.29 is 9.15 Å². The monoisotopic (exact) mass is 254 g/mol. The second-order valence-corrected chi connectivity index (χ2v) is 5.30. The molecule has 1 aromatic heterocycles. The van der Waals surface area contributed by atoms with Crippen molar-refractivity contribution in [2.45, 2.75) is 31.8 Å². The molecule has 0 saturated carbocycles.